The molecule has 1 N–H and O–H groups in total. The summed E-state index contributed by atoms with van der Waals surface area (Å²) >= 11 is 0. The molecule has 0 spiro atoms. The second kappa shape index (κ2) is 6.14. The predicted octanol–water partition coefficient (Wildman–Crippen LogP) is 2.21. The molecule has 0 fully saturated rings. The first-order valence-electron chi connectivity index (χ1n) is 7.94. The molecule has 1 aromatic carbocycles. The number of aryl methyl sites for hydroxylation is 1. The van der Waals surface area contributed by atoms with Crippen molar-refractivity contribution in [3.8, 4) is 0 Å². The van der Waals surface area contributed by atoms with Crippen LogP contribution in [0.2, 0.25) is 0 Å². The predicted molar refractivity (Wildman–Crippen MR) is 92.0 cm³/mol. The molecule has 8 nitrogen and oxygen atoms in total. The molecule has 1 aliphatic rings. The largest absolute Gasteiger partial charge is 0.375 e. The Kier molecular flexibility index (Phi) is 3.81. The van der Waals surface area contributed by atoms with Gasteiger partial charge in [-0.25, -0.2) is 4.98 Å². The Morgan fingerprint density at radius 1 is 1.40 bits per heavy atom. The van der Waals surface area contributed by atoms with E-state index in [4.69, 9.17) is 9.26 Å². The van der Waals surface area contributed by atoms with E-state index in [1.807, 2.05) is 25.1 Å². The van der Waals surface area contributed by atoms with Crippen LogP contribution in [0.5, 0.6) is 0 Å². The number of rotatable bonds is 4. The highest BCUT2D eigenvalue weighted by Crippen LogP contribution is 2.36. The zero-order valence-electron chi connectivity index (χ0n) is 13.9. The van der Waals surface area contributed by atoms with Gasteiger partial charge >= 0.3 is 0 Å². The van der Waals surface area contributed by atoms with E-state index in [2.05, 4.69) is 20.4 Å². The average Bonchev–Trinajstić information content (AvgIpc) is 3.21. The van der Waals surface area contributed by atoms with Gasteiger partial charge in [-0.15, -0.1) is 0 Å². The number of nitrogens with zero attached hydrogens (tertiary/aromatic N) is 4. The molecule has 0 saturated heterocycles. The van der Waals surface area contributed by atoms with Crippen LogP contribution in [-0.4, -0.2) is 41.3 Å². The Labute approximate surface area is 143 Å². The van der Waals surface area contributed by atoms with Gasteiger partial charge in [0.05, 0.1) is 5.69 Å². The Morgan fingerprint density at radius 2 is 2.28 bits per heavy atom. The van der Waals surface area contributed by atoms with Crippen molar-refractivity contribution in [3.05, 3.63) is 35.8 Å². The fourth-order valence-corrected chi connectivity index (χ4v) is 3.16. The molecule has 0 aliphatic carbocycles. The molecule has 3 heterocycles. The highest BCUT2D eigenvalue weighted by atomic mass is 16.5. The van der Waals surface area contributed by atoms with Crippen LogP contribution < -0.4 is 10.2 Å². The van der Waals surface area contributed by atoms with Crippen LogP contribution in [-0.2, 0) is 16.0 Å². The maximum atomic E-state index is 12.2. The van der Waals surface area contributed by atoms with Crippen molar-refractivity contribution in [3.63, 3.8) is 0 Å². The number of methoxy groups -OCH3 is 1. The van der Waals surface area contributed by atoms with Crippen molar-refractivity contribution in [2.45, 2.75) is 13.3 Å². The van der Waals surface area contributed by atoms with E-state index in [-0.39, 0.29) is 12.5 Å². The molecule has 3 aromatic rings. The van der Waals surface area contributed by atoms with Crippen LogP contribution in [0.25, 0.3) is 11.1 Å². The molecule has 0 saturated carbocycles. The molecule has 2 aromatic heterocycles. The van der Waals surface area contributed by atoms with E-state index in [9.17, 15) is 4.79 Å². The van der Waals surface area contributed by atoms with Gasteiger partial charge in [-0.3, -0.25) is 4.79 Å². The van der Waals surface area contributed by atoms with Crippen molar-refractivity contribution in [2.24, 2.45) is 0 Å². The van der Waals surface area contributed by atoms with E-state index in [1.165, 1.54) is 13.4 Å². The second-order valence-corrected chi connectivity index (χ2v) is 5.83. The molecule has 1 amide bonds. The van der Waals surface area contributed by atoms with Crippen LogP contribution in [0, 0.1) is 6.92 Å². The Balaban J connectivity index is 1.71. The van der Waals surface area contributed by atoms with Gasteiger partial charge in [0.2, 0.25) is 0 Å². The normalized spacial score (nSPS) is 13.3. The Morgan fingerprint density at radius 3 is 3.12 bits per heavy atom. The summed E-state index contributed by atoms with van der Waals surface area (Å²) in [5, 5.41) is 8.04. The van der Waals surface area contributed by atoms with Crippen molar-refractivity contribution >= 4 is 34.2 Å². The van der Waals surface area contributed by atoms with E-state index >= 15 is 0 Å². The second-order valence-electron chi connectivity index (χ2n) is 5.83. The number of hydrogen-bond acceptors (Lipinski definition) is 7. The summed E-state index contributed by atoms with van der Waals surface area (Å²) in [7, 11) is 1.52. The number of fused-ring (bicyclic) bond motifs is 2. The van der Waals surface area contributed by atoms with Crippen molar-refractivity contribution in [1.29, 1.82) is 0 Å². The number of hydrogen-bond donors (Lipinski definition) is 1. The monoisotopic (exact) mass is 339 g/mol. The van der Waals surface area contributed by atoms with Gasteiger partial charge < -0.3 is 19.5 Å². The standard InChI is InChI=1S/C17H17N5O3/c1-10-15-16(18-9-19-17(15)25-21-10)20-12-4-3-5-13-11(12)6-7-22(13)14(23)8-24-2/h3-5,9H,6-8H2,1-2H3,(H,18,19,20). The summed E-state index contributed by atoms with van der Waals surface area (Å²) in [5.41, 5.74) is 4.06. The Bertz CT molecular complexity index is 953. The van der Waals surface area contributed by atoms with Gasteiger partial charge in [0.1, 0.15) is 24.1 Å². The number of ether oxygens (including phenoxy) is 1. The van der Waals surface area contributed by atoms with Gasteiger partial charge in [-0.2, -0.15) is 4.98 Å². The number of benzene rings is 1. The first kappa shape index (κ1) is 15.5. The van der Waals surface area contributed by atoms with E-state index in [1.54, 1.807) is 4.90 Å². The summed E-state index contributed by atoms with van der Waals surface area (Å²) in [5.74, 6) is 0.594. The molecular weight excluding hydrogens is 322 g/mol. The molecule has 0 unspecified atom stereocenters. The van der Waals surface area contributed by atoms with Crippen LogP contribution in [0.1, 0.15) is 11.3 Å². The fourth-order valence-electron chi connectivity index (χ4n) is 3.16. The lowest BCUT2D eigenvalue weighted by molar-refractivity contribution is -0.122. The lowest BCUT2D eigenvalue weighted by Crippen LogP contribution is -2.31. The molecule has 25 heavy (non-hydrogen) atoms. The highest BCUT2D eigenvalue weighted by molar-refractivity contribution is 5.98. The zero-order chi connectivity index (χ0) is 17.4. The SMILES string of the molecule is COCC(=O)N1CCc2c(Nc3ncnc4onc(C)c34)cccc21. The summed E-state index contributed by atoms with van der Waals surface area (Å²) in [6.07, 6.45) is 2.21. The first-order valence-corrected chi connectivity index (χ1v) is 7.94. The maximum Gasteiger partial charge on any atom is 0.263 e. The molecule has 4 rings (SSSR count). The van der Waals surface area contributed by atoms with Crippen molar-refractivity contribution in [1.82, 2.24) is 15.1 Å². The van der Waals surface area contributed by atoms with Crippen molar-refractivity contribution in [2.75, 3.05) is 30.5 Å². The third kappa shape index (κ3) is 2.60. The molecule has 8 heteroatoms. The van der Waals surface area contributed by atoms with Crippen LogP contribution in [0.4, 0.5) is 17.2 Å². The summed E-state index contributed by atoms with van der Waals surface area (Å²) in [6, 6.07) is 5.83. The number of aromatic nitrogens is 3. The number of anilines is 3. The summed E-state index contributed by atoms with van der Waals surface area (Å²) in [4.78, 5) is 22.4. The van der Waals surface area contributed by atoms with E-state index in [0.29, 0.717) is 18.1 Å². The Hall–Kier alpha value is -3.00. The lowest BCUT2D eigenvalue weighted by Gasteiger charge is -2.17. The van der Waals surface area contributed by atoms with Crippen LogP contribution in [0.3, 0.4) is 0 Å². The number of carbonyl (C=O) groups is 1. The first-order chi connectivity index (χ1) is 12.2. The highest BCUT2D eigenvalue weighted by Gasteiger charge is 2.26. The molecular formula is C17H17N5O3. The lowest BCUT2D eigenvalue weighted by atomic mass is 10.1. The minimum absolute atomic E-state index is 0.0438. The smallest absolute Gasteiger partial charge is 0.263 e. The molecule has 128 valence electrons. The van der Waals surface area contributed by atoms with Gasteiger partial charge in [-0.05, 0) is 25.5 Å². The zero-order valence-corrected chi connectivity index (χ0v) is 13.9. The third-order valence-corrected chi connectivity index (χ3v) is 4.29. The molecule has 0 bridgehead atoms. The maximum absolute atomic E-state index is 12.2. The van der Waals surface area contributed by atoms with Crippen LogP contribution >= 0.6 is 0 Å². The van der Waals surface area contributed by atoms with Gasteiger partial charge in [0, 0.05) is 30.6 Å². The summed E-state index contributed by atoms with van der Waals surface area (Å²) < 4.78 is 10.2. The third-order valence-electron chi connectivity index (χ3n) is 4.29. The topological polar surface area (TPSA) is 93.4 Å². The van der Waals surface area contributed by atoms with Gasteiger partial charge in [-0.1, -0.05) is 11.2 Å². The fraction of sp³-hybridized carbons (Fsp3) is 0.294. The van der Waals surface area contributed by atoms with E-state index in [0.717, 1.165) is 34.4 Å². The summed E-state index contributed by atoms with van der Waals surface area (Å²) in [6.45, 7) is 2.56. The van der Waals surface area contributed by atoms with Crippen LogP contribution in [0.15, 0.2) is 29.0 Å². The molecule has 0 radical (unpaired) electrons. The minimum atomic E-state index is -0.0438. The van der Waals surface area contributed by atoms with E-state index < -0.39 is 0 Å². The average molecular weight is 339 g/mol. The minimum Gasteiger partial charge on any atom is -0.375 e. The number of carbonyl (C=O) groups excluding carboxylic acids is 1. The van der Waals surface area contributed by atoms with Gasteiger partial charge in [0.15, 0.2) is 0 Å². The van der Waals surface area contributed by atoms with Crippen molar-refractivity contribution < 1.29 is 14.1 Å². The van der Waals surface area contributed by atoms with Gasteiger partial charge in [0.25, 0.3) is 11.6 Å². The number of amides is 1. The quantitative estimate of drug-likeness (QED) is 0.779. The number of nitrogens with one attached hydrogen (secondary N) is 1. The molecule has 0 atom stereocenters. The molecule has 1 aliphatic heterocycles.